The smallest absolute Gasteiger partial charge is 0.232 e. The van der Waals surface area contributed by atoms with Gasteiger partial charge in [0.05, 0.1) is 11.9 Å². The van der Waals surface area contributed by atoms with E-state index >= 15 is 0 Å². The lowest BCUT2D eigenvalue weighted by Gasteiger charge is -2.22. The molecule has 2 aromatic carbocycles. The highest BCUT2D eigenvalue weighted by atomic mass is 32.2. The predicted octanol–water partition coefficient (Wildman–Crippen LogP) is 2.82. The van der Waals surface area contributed by atoms with Crippen LogP contribution in [0.25, 0.3) is 0 Å². The van der Waals surface area contributed by atoms with Crippen LogP contribution in [-0.2, 0) is 26.2 Å². The summed E-state index contributed by atoms with van der Waals surface area (Å²) in [5, 5.41) is 2.81. The summed E-state index contributed by atoms with van der Waals surface area (Å²) >= 11 is 0. The molecule has 7 nitrogen and oxygen atoms in total. The molecule has 0 atom stereocenters. The lowest BCUT2D eigenvalue weighted by molar-refractivity contribution is -0.121. The van der Waals surface area contributed by atoms with Gasteiger partial charge in [0.1, 0.15) is 5.82 Å². The molecule has 1 aliphatic rings. The number of anilines is 2. The Balaban J connectivity index is 1.52. The fraction of sp³-hybridized carbons (Fsp3) is 0.364. The van der Waals surface area contributed by atoms with Gasteiger partial charge in [0, 0.05) is 38.2 Å². The fourth-order valence-corrected chi connectivity index (χ4v) is 4.51. The molecule has 0 aromatic heterocycles. The Hall–Kier alpha value is -2.94. The number of hydrogen-bond donors (Lipinski definition) is 1. The first kappa shape index (κ1) is 22.7. The molecule has 2 amide bonds. The van der Waals surface area contributed by atoms with Crippen LogP contribution in [0.1, 0.15) is 31.2 Å². The number of carbonyl (C=O) groups excluding carboxylic acids is 2. The highest BCUT2D eigenvalue weighted by molar-refractivity contribution is 7.92. The largest absolute Gasteiger partial charge is 0.352 e. The van der Waals surface area contributed by atoms with Crippen molar-refractivity contribution in [3.8, 4) is 0 Å². The lowest BCUT2D eigenvalue weighted by Crippen LogP contribution is -2.32. The van der Waals surface area contributed by atoms with Crippen molar-refractivity contribution in [2.45, 2.75) is 32.2 Å². The minimum absolute atomic E-state index is 0.000255. The maximum absolute atomic E-state index is 14.0. The van der Waals surface area contributed by atoms with Crippen molar-refractivity contribution in [2.75, 3.05) is 28.6 Å². The second kappa shape index (κ2) is 9.91. The van der Waals surface area contributed by atoms with Gasteiger partial charge in [-0.3, -0.25) is 13.9 Å². The van der Waals surface area contributed by atoms with E-state index in [1.807, 2.05) is 24.3 Å². The Kier molecular flexibility index (Phi) is 7.27. The zero-order valence-electron chi connectivity index (χ0n) is 17.4. The molecule has 0 saturated carbocycles. The van der Waals surface area contributed by atoms with Gasteiger partial charge >= 0.3 is 0 Å². The first-order valence-corrected chi connectivity index (χ1v) is 12.0. The van der Waals surface area contributed by atoms with Gasteiger partial charge < -0.3 is 10.2 Å². The maximum Gasteiger partial charge on any atom is 0.232 e. The number of halogens is 1. The molecule has 1 heterocycles. The molecule has 2 aromatic rings. The van der Waals surface area contributed by atoms with Gasteiger partial charge in [-0.05, 0) is 42.7 Å². The molecule has 0 bridgehead atoms. The van der Waals surface area contributed by atoms with Crippen LogP contribution in [0.15, 0.2) is 48.5 Å². The van der Waals surface area contributed by atoms with E-state index in [4.69, 9.17) is 0 Å². The fourth-order valence-electron chi connectivity index (χ4n) is 3.55. The number of para-hydroxylation sites is 1. The van der Waals surface area contributed by atoms with E-state index in [1.165, 1.54) is 18.2 Å². The number of sulfonamides is 1. The Morgan fingerprint density at radius 3 is 2.65 bits per heavy atom. The van der Waals surface area contributed by atoms with Crippen molar-refractivity contribution in [1.29, 1.82) is 0 Å². The van der Waals surface area contributed by atoms with Crippen molar-refractivity contribution in [3.05, 3.63) is 59.9 Å². The van der Waals surface area contributed by atoms with E-state index in [-0.39, 0.29) is 36.9 Å². The van der Waals surface area contributed by atoms with E-state index in [2.05, 4.69) is 5.32 Å². The van der Waals surface area contributed by atoms with Crippen LogP contribution in [-0.4, -0.2) is 39.6 Å². The molecule has 0 aliphatic carbocycles. The molecule has 0 unspecified atom stereocenters. The highest BCUT2D eigenvalue weighted by Crippen LogP contribution is 2.23. The maximum atomic E-state index is 14.0. The number of carbonyl (C=O) groups is 2. The monoisotopic (exact) mass is 447 g/mol. The summed E-state index contributed by atoms with van der Waals surface area (Å²) in [6.45, 7) is 1.01. The third-order valence-electron chi connectivity index (χ3n) is 5.07. The summed E-state index contributed by atoms with van der Waals surface area (Å²) in [7, 11) is -3.68. The van der Waals surface area contributed by atoms with Crippen LogP contribution in [0.2, 0.25) is 0 Å². The second-order valence-corrected chi connectivity index (χ2v) is 9.39. The number of nitrogens with one attached hydrogen (secondary N) is 1. The van der Waals surface area contributed by atoms with E-state index in [0.717, 1.165) is 28.2 Å². The average molecular weight is 448 g/mol. The summed E-state index contributed by atoms with van der Waals surface area (Å²) < 4.78 is 39.1. The van der Waals surface area contributed by atoms with E-state index in [0.29, 0.717) is 19.5 Å². The van der Waals surface area contributed by atoms with Gasteiger partial charge in [-0.25, -0.2) is 12.8 Å². The lowest BCUT2D eigenvalue weighted by atomic mass is 10.2. The third kappa shape index (κ3) is 6.04. The van der Waals surface area contributed by atoms with Crippen LogP contribution < -0.4 is 14.5 Å². The zero-order valence-corrected chi connectivity index (χ0v) is 18.2. The van der Waals surface area contributed by atoms with Gasteiger partial charge in [0.25, 0.3) is 0 Å². The average Bonchev–Trinajstić information content (AvgIpc) is 3.16. The molecule has 1 N–H and O–H groups in total. The number of hydrogen-bond acceptors (Lipinski definition) is 4. The van der Waals surface area contributed by atoms with Crippen molar-refractivity contribution in [1.82, 2.24) is 5.32 Å². The van der Waals surface area contributed by atoms with Crippen molar-refractivity contribution in [3.63, 3.8) is 0 Å². The Labute approximate surface area is 181 Å². The summed E-state index contributed by atoms with van der Waals surface area (Å²) in [5.41, 5.74) is 1.66. The molecule has 0 radical (unpaired) electrons. The van der Waals surface area contributed by atoms with Crippen LogP contribution in [0.3, 0.4) is 0 Å². The van der Waals surface area contributed by atoms with Crippen molar-refractivity contribution < 1.29 is 22.4 Å². The quantitative estimate of drug-likeness (QED) is 0.640. The predicted molar refractivity (Wildman–Crippen MR) is 118 cm³/mol. The Morgan fingerprint density at radius 2 is 1.97 bits per heavy atom. The summed E-state index contributed by atoms with van der Waals surface area (Å²) in [6.07, 6.45) is 2.76. The summed E-state index contributed by atoms with van der Waals surface area (Å²) in [6, 6.07) is 13.1. The molecule has 1 saturated heterocycles. The van der Waals surface area contributed by atoms with Crippen LogP contribution in [0.5, 0.6) is 0 Å². The normalized spacial score (nSPS) is 14.0. The second-order valence-electron chi connectivity index (χ2n) is 7.49. The van der Waals surface area contributed by atoms with Gasteiger partial charge in [-0.2, -0.15) is 0 Å². The molecular formula is C22H26FN3O4S. The SMILES string of the molecule is CS(=O)(=O)N(CCCC(=O)NCc1cccc(N2CCCC2=O)c1)c1ccccc1F. The number of nitrogens with zero attached hydrogens (tertiary/aromatic N) is 2. The topological polar surface area (TPSA) is 86.8 Å². The van der Waals surface area contributed by atoms with E-state index in [1.54, 1.807) is 11.0 Å². The van der Waals surface area contributed by atoms with Crippen molar-refractivity contribution >= 4 is 33.2 Å². The number of amides is 2. The molecular weight excluding hydrogens is 421 g/mol. The van der Waals surface area contributed by atoms with E-state index < -0.39 is 15.8 Å². The minimum atomic E-state index is -3.68. The molecule has 9 heteroatoms. The standard InChI is InChI=1S/C22H26FN3O4S/c1-31(29,30)26(20-10-3-2-9-19(20)23)14-5-11-21(27)24-16-17-7-4-8-18(15-17)25-13-6-12-22(25)28/h2-4,7-10,15H,5-6,11-14,16H2,1H3,(H,24,27). The Bertz CT molecular complexity index is 1060. The molecule has 31 heavy (non-hydrogen) atoms. The first-order chi connectivity index (χ1) is 14.8. The van der Waals surface area contributed by atoms with Crippen molar-refractivity contribution in [2.24, 2.45) is 0 Å². The third-order valence-corrected chi connectivity index (χ3v) is 6.25. The zero-order chi connectivity index (χ0) is 22.4. The molecule has 166 valence electrons. The van der Waals surface area contributed by atoms with Crippen LogP contribution >= 0.6 is 0 Å². The van der Waals surface area contributed by atoms with Gasteiger partial charge in [0.15, 0.2) is 0 Å². The molecule has 3 rings (SSSR count). The molecule has 1 fully saturated rings. The number of benzene rings is 2. The molecule has 1 aliphatic heterocycles. The Morgan fingerprint density at radius 1 is 1.19 bits per heavy atom. The highest BCUT2D eigenvalue weighted by Gasteiger charge is 2.22. The van der Waals surface area contributed by atoms with E-state index in [9.17, 15) is 22.4 Å². The number of rotatable bonds is 9. The summed E-state index contributed by atoms with van der Waals surface area (Å²) in [5.74, 6) is -0.759. The molecule has 0 spiro atoms. The first-order valence-electron chi connectivity index (χ1n) is 10.1. The minimum Gasteiger partial charge on any atom is -0.352 e. The van der Waals surface area contributed by atoms with Crippen LogP contribution in [0.4, 0.5) is 15.8 Å². The van der Waals surface area contributed by atoms with Gasteiger partial charge in [-0.1, -0.05) is 24.3 Å². The van der Waals surface area contributed by atoms with Gasteiger partial charge in [0.2, 0.25) is 21.8 Å². The van der Waals surface area contributed by atoms with Gasteiger partial charge in [-0.15, -0.1) is 0 Å². The summed E-state index contributed by atoms with van der Waals surface area (Å²) in [4.78, 5) is 25.9. The van der Waals surface area contributed by atoms with Crippen LogP contribution in [0, 0.1) is 5.82 Å².